The summed E-state index contributed by atoms with van der Waals surface area (Å²) in [6, 6.07) is 3.76. The lowest BCUT2D eigenvalue weighted by molar-refractivity contribution is -0.199. The number of ether oxygens (including phenoxy) is 2. The summed E-state index contributed by atoms with van der Waals surface area (Å²) in [4.78, 5) is 20.0. The van der Waals surface area contributed by atoms with Crippen molar-refractivity contribution in [3.63, 3.8) is 0 Å². The predicted octanol–water partition coefficient (Wildman–Crippen LogP) is 4.40. The zero-order valence-corrected chi connectivity index (χ0v) is 26.4. The van der Waals surface area contributed by atoms with Gasteiger partial charge in [0, 0.05) is 6.20 Å². The van der Waals surface area contributed by atoms with Gasteiger partial charge in [-0.1, -0.05) is 19.9 Å². The Kier molecular flexibility index (Phi) is 7.11. The summed E-state index contributed by atoms with van der Waals surface area (Å²) < 4.78 is 51.8. The van der Waals surface area contributed by atoms with Crippen molar-refractivity contribution in [2.24, 2.45) is 17.3 Å². The van der Waals surface area contributed by atoms with Gasteiger partial charge in [-0.2, -0.15) is 4.31 Å². The molecule has 3 heterocycles. The molecule has 1 N–H and O–H groups in total. The Morgan fingerprint density at radius 1 is 1.21 bits per heavy atom. The number of benzene rings is 1. The fourth-order valence-corrected chi connectivity index (χ4v) is 8.79. The first kappa shape index (κ1) is 29.7. The average molecular weight is 600 g/mol. The summed E-state index contributed by atoms with van der Waals surface area (Å²) >= 11 is 0. The molecular weight excluding hydrogens is 557 g/mol. The van der Waals surface area contributed by atoms with Gasteiger partial charge in [0.15, 0.2) is 5.03 Å². The number of nitrogens with zero attached hydrogens (tertiary/aromatic N) is 2. The average Bonchev–Trinajstić information content (AvgIpc) is 3.51. The van der Waals surface area contributed by atoms with Crippen LogP contribution in [0.5, 0.6) is 5.75 Å². The van der Waals surface area contributed by atoms with Crippen molar-refractivity contribution >= 4 is 23.1 Å². The molecule has 0 spiro atoms. The number of sulfonamides is 1. The maximum atomic E-state index is 13.4. The van der Waals surface area contributed by atoms with Gasteiger partial charge in [0.05, 0.1) is 31.1 Å². The van der Waals surface area contributed by atoms with E-state index in [9.17, 15) is 13.2 Å². The lowest BCUT2D eigenvalue weighted by Gasteiger charge is -2.64. The van der Waals surface area contributed by atoms with Crippen molar-refractivity contribution in [2.75, 3.05) is 13.1 Å². The maximum Gasteiger partial charge on any atom is 0.457 e. The van der Waals surface area contributed by atoms with Crippen LogP contribution in [0, 0.1) is 24.2 Å². The Morgan fingerprint density at radius 3 is 2.60 bits per heavy atom. The minimum Gasteiger partial charge on any atom is -0.487 e. The van der Waals surface area contributed by atoms with Crippen LogP contribution in [0.3, 0.4) is 0 Å². The van der Waals surface area contributed by atoms with Gasteiger partial charge in [-0.3, -0.25) is 0 Å². The van der Waals surface area contributed by atoms with Crippen LogP contribution in [-0.2, 0) is 30.5 Å². The number of hydrogen-bond donors (Lipinski definition) is 1. The van der Waals surface area contributed by atoms with E-state index in [1.807, 2.05) is 33.8 Å². The molecule has 3 saturated carbocycles. The summed E-state index contributed by atoms with van der Waals surface area (Å²) in [5.74, 6) is 1.13. The van der Waals surface area contributed by atoms with E-state index in [0.717, 1.165) is 17.5 Å². The molecule has 2 aromatic rings. The third kappa shape index (κ3) is 4.98. The first-order chi connectivity index (χ1) is 19.6. The van der Waals surface area contributed by atoms with E-state index >= 15 is 0 Å². The second-order valence-electron chi connectivity index (χ2n) is 14.1. The Balaban J connectivity index is 1.16. The SMILES string of the molecule is Cc1c(CCB2O[C@@H]3C[C@@H]4C[C@@H](C4(C)C)[C@]3(C)O2)ccc(OC2CN(S(=O)(=O)c3c[nH]cn3)C2)c1C(=O)OC(C)(C)C. The zero-order chi connectivity index (χ0) is 30.2. The van der Waals surface area contributed by atoms with E-state index in [4.69, 9.17) is 18.8 Å². The number of aryl methyl sites for hydroxylation is 1. The highest BCUT2D eigenvalue weighted by Gasteiger charge is 2.67. The molecule has 5 fully saturated rings. The van der Waals surface area contributed by atoms with Gasteiger partial charge in [-0.05, 0) is 94.6 Å². The molecule has 228 valence electrons. The largest absolute Gasteiger partial charge is 0.487 e. The van der Waals surface area contributed by atoms with Crippen LogP contribution in [0.25, 0.3) is 0 Å². The minimum absolute atomic E-state index is 0.0280. The summed E-state index contributed by atoms with van der Waals surface area (Å²) in [6.45, 7) is 14.7. The van der Waals surface area contributed by atoms with Crippen molar-refractivity contribution in [3.05, 3.63) is 41.3 Å². The molecule has 0 unspecified atom stereocenters. The molecule has 3 aliphatic carbocycles. The summed E-state index contributed by atoms with van der Waals surface area (Å²) in [7, 11) is -3.97. The Bertz CT molecular complexity index is 1470. The van der Waals surface area contributed by atoms with Gasteiger partial charge >= 0.3 is 13.1 Å². The van der Waals surface area contributed by atoms with Crippen LogP contribution >= 0.6 is 0 Å². The van der Waals surface area contributed by atoms with E-state index in [-0.39, 0.29) is 36.9 Å². The number of carbonyl (C=O) groups is 1. The number of H-pyrrole nitrogens is 1. The minimum atomic E-state index is -3.69. The Morgan fingerprint density at radius 2 is 1.95 bits per heavy atom. The monoisotopic (exact) mass is 599 g/mol. The topological polar surface area (TPSA) is 120 Å². The van der Waals surface area contributed by atoms with Crippen molar-refractivity contribution in [1.82, 2.24) is 14.3 Å². The van der Waals surface area contributed by atoms with Crippen LogP contribution in [0.2, 0.25) is 6.32 Å². The van der Waals surface area contributed by atoms with Gasteiger partial charge in [0.25, 0.3) is 10.0 Å². The molecule has 10 nitrogen and oxygen atoms in total. The van der Waals surface area contributed by atoms with Gasteiger partial charge < -0.3 is 23.8 Å². The lowest BCUT2D eigenvalue weighted by Crippen LogP contribution is -2.65. The van der Waals surface area contributed by atoms with E-state index in [2.05, 4.69) is 30.7 Å². The summed E-state index contributed by atoms with van der Waals surface area (Å²) in [6.07, 6.45) is 6.03. The third-order valence-corrected chi connectivity index (χ3v) is 11.7. The first-order valence-corrected chi connectivity index (χ1v) is 16.4. The van der Waals surface area contributed by atoms with Gasteiger partial charge in [-0.15, -0.1) is 0 Å². The van der Waals surface area contributed by atoms with E-state index < -0.39 is 27.7 Å². The van der Waals surface area contributed by atoms with Crippen molar-refractivity contribution < 1.29 is 32.0 Å². The Labute approximate surface area is 249 Å². The van der Waals surface area contributed by atoms with E-state index in [1.165, 1.54) is 23.3 Å². The van der Waals surface area contributed by atoms with E-state index in [0.29, 0.717) is 41.3 Å². The standard InChI is InChI=1S/C30H42BN3O7S/c1-18-19(10-11-31-40-24-13-20-12-23(29(20,5)6)30(24,7)41-31)8-9-22(26(18)27(35)39-28(2,3)4)38-21-15-34(16-21)42(36,37)25-14-32-17-33-25/h8-9,14,17,20-21,23-24H,10-13,15-16H2,1-7H3,(H,32,33)/t20-,23-,24+,30-/m0/s1. The lowest BCUT2D eigenvalue weighted by atomic mass is 9.43. The summed E-state index contributed by atoms with van der Waals surface area (Å²) in [5, 5.41) is -0.0280. The fourth-order valence-electron chi connectivity index (χ4n) is 7.40. The van der Waals surface area contributed by atoms with E-state index in [1.54, 1.807) is 6.07 Å². The molecule has 2 bridgehead atoms. The van der Waals surface area contributed by atoms with Crippen LogP contribution in [0.4, 0.5) is 0 Å². The molecule has 2 aliphatic heterocycles. The number of rotatable bonds is 8. The molecule has 7 rings (SSSR count). The molecule has 1 aromatic heterocycles. The molecule has 0 amide bonds. The van der Waals surface area contributed by atoms with Crippen LogP contribution in [0.1, 0.15) is 75.9 Å². The highest BCUT2D eigenvalue weighted by molar-refractivity contribution is 7.89. The quantitative estimate of drug-likeness (QED) is 0.351. The third-order valence-electron chi connectivity index (χ3n) is 9.98. The van der Waals surface area contributed by atoms with Gasteiger partial charge in [0.1, 0.15) is 23.0 Å². The zero-order valence-electron chi connectivity index (χ0n) is 25.6. The predicted molar refractivity (Wildman–Crippen MR) is 157 cm³/mol. The summed E-state index contributed by atoms with van der Waals surface area (Å²) in [5.41, 5.74) is 1.50. The molecule has 4 atom stereocenters. The highest BCUT2D eigenvalue weighted by atomic mass is 32.2. The fraction of sp³-hybridized carbons (Fsp3) is 0.667. The van der Waals surface area contributed by atoms with Crippen LogP contribution in [-0.4, -0.2) is 72.3 Å². The number of aromatic nitrogens is 2. The highest BCUT2D eigenvalue weighted by Crippen LogP contribution is 2.65. The second kappa shape index (κ2) is 10.1. The molecule has 42 heavy (non-hydrogen) atoms. The molecular formula is C30H42BN3O7S. The normalized spacial score (nSPS) is 29.0. The number of carbonyl (C=O) groups excluding carboxylic acids is 1. The van der Waals surface area contributed by atoms with Gasteiger partial charge in [0.2, 0.25) is 0 Å². The Hall–Kier alpha value is -2.41. The second-order valence-corrected chi connectivity index (χ2v) is 16.0. The van der Waals surface area contributed by atoms with Crippen LogP contribution in [0.15, 0.2) is 29.7 Å². The van der Waals surface area contributed by atoms with Crippen molar-refractivity contribution in [2.45, 2.75) is 102 Å². The number of esters is 1. The van der Waals surface area contributed by atoms with Gasteiger partial charge in [-0.25, -0.2) is 18.2 Å². The van der Waals surface area contributed by atoms with Crippen LogP contribution < -0.4 is 4.74 Å². The number of aromatic amines is 1. The molecule has 5 aliphatic rings. The first-order valence-electron chi connectivity index (χ1n) is 14.9. The molecule has 0 radical (unpaired) electrons. The maximum absolute atomic E-state index is 13.4. The molecule has 1 aromatic carbocycles. The van der Waals surface area contributed by atoms with Crippen molar-refractivity contribution in [1.29, 1.82) is 0 Å². The number of hydrogen-bond acceptors (Lipinski definition) is 8. The number of imidazole rings is 1. The molecule has 2 saturated heterocycles. The van der Waals surface area contributed by atoms with Crippen molar-refractivity contribution in [3.8, 4) is 5.75 Å². The smallest absolute Gasteiger partial charge is 0.457 e. The molecule has 12 heteroatoms. The number of nitrogens with one attached hydrogen (secondary N) is 1.